The first-order chi connectivity index (χ1) is 13.0. The molecule has 2 aromatic rings. The molecule has 6 nitrogen and oxygen atoms in total. The molecular formula is C21H22N2O4. The molecule has 1 aliphatic carbocycles. The van der Waals surface area contributed by atoms with Crippen LogP contribution in [0.1, 0.15) is 41.1 Å². The van der Waals surface area contributed by atoms with Crippen molar-refractivity contribution in [3.63, 3.8) is 0 Å². The van der Waals surface area contributed by atoms with Gasteiger partial charge in [-0.2, -0.15) is 0 Å². The molecule has 2 aliphatic rings. The van der Waals surface area contributed by atoms with E-state index in [0.29, 0.717) is 18.9 Å². The van der Waals surface area contributed by atoms with E-state index in [1.807, 2.05) is 18.2 Å². The van der Waals surface area contributed by atoms with E-state index >= 15 is 0 Å². The lowest BCUT2D eigenvalue weighted by molar-refractivity contribution is -0.152. The van der Waals surface area contributed by atoms with Crippen molar-refractivity contribution in [2.24, 2.45) is 11.3 Å². The molecule has 2 fully saturated rings. The Balaban J connectivity index is 1.60. The number of carboxylic acid groups (broad SMARTS) is 1. The summed E-state index contributed by atoms with van der Waals surface area (Å²) in [5, 5.41) is 9.97. The number of aliphatic carboxylic acids is 1. The van der Waals surface area contributed by atoms with E-state index in [1.54, 1.807) is 11.0 Å². The lowest BCUT2D eigenvalue weighted by Crippen LogP contribution is -2.43. The molecule has 1 aromatic heterocycles. The Morgan fingerprint density at radius 3 is 2.63 bits per heavy atom. The summed E-state index contributed by atoms with van der Waals surface area (Å²) >= 11 is 0. The van der Waals surface area contributed by atoms with Gasteiger partial charge in [0.05, 0.1) is 5.41 Å². The number of carboxylic acids is 1. The lowest BCUT2D eigenvalue weighted by Gasteiger charge is -2.38. The Labute approximate surface area is 156 Å². The number of aromatic nitrogens is 1. The summed E-state index contributed by atoms with van der Waals surface area (Å²) in [6.45, 7) is 0.546. The van der Waals surface area contributed by atoms with Gasteiger partial charge in [0.1, 0.15) is 5.56 Å². The zero-order valence-corrected chi connectivity index (χ0v) is 14.9. The van der Waals surface area contributed by atoms with E-state index in [1.165, 1.54) is 17.8 Å². The number of rotatable bonds is 3. The minimum Gasteiger partial charge on any atom is -0.481 e. The summed E-state index contributed by atoms with van der Waals surface area (Å²) in [5.41, 5.74) is -0.0661. The van der Waals surface area contributed by atoms with Crippen molar-refractivity contribution in [2.45, 2.75) is 25.2 Å². The summed E-state index contributed by atoms with van der Waals surface area (Å²) in [6, 6.07) is 13.2. The van der Waals surface area contributed by atoms with Gasteiger partial charge in [-0.15, -0.1) is 0 Å². The van der Waals surface area contributed by atoms with E-state index in [2.05, 4.69) is 17.1 Å². The van der Waals surface area contributed by atoms with Crippen LogP contribution in [0.25, 0.3) is 0 Å². The summed E-state index contributed by atoms with van der Waals surface area (Å²) in [4.78, 5) is 41.0. The van der Waals surface area contributed by atoms with Gasteiger partial charge in [-0.25, -0.2) is 0 Å². The molecule has 3 atom stereocenters. The number of fused-ring (bicyclic) bond motifs is 1. The Morgan fingerprint density at radius 2 is 1.93 bits per heavy atom. The molecule has 6 heteroatoms. The molecule has 0 unspecified atom stereocenters. The highest BCUT2D eigenvalue weighted by atomic mass is 16.4. The largest absolute Gasteiger partial charge is 0.481 e. The predicted molar refractivity (Wildman–Crippen MR) is 99.6 cm³/mol. The number of benzene rings is 1. The van der Waals surface area contributed by atoms with Crippen LogP contribution in [0.4, 0.5) is 0 Å². The van der Waals surface area contributed by atoms with E-state index in [-0.39, 0.29) is 23.9 Å². The fourth-order valence-corrected chi connectivity index (χ4v) is 4.74. The highest BCUT2D eigenvalue weighted by Crippen LogP contribution is 2.51. The van der Waals surface area contributed by atoms with Crippen molar-refractivity contribution in [3.8, 4) is 0 Å². The van der Waals surface area contributed by atoms with Gasteiger partial charge in [-0.05, 0) is 48.8 Å². The van der Waals surface area contributed by atoms with Crippen molar-refractivity contribution in [3.05, 3.63) is 70.1 Å². The molecule has 0 radical (unpaired) electrons. The molecule has 27 heavy (non-hydrogen) atoms. The molecule has 2 heterocycles. The van der Waals surface area contributed by atoms with Crippen molar-refractivity contribution >= 4 is 11.9 Å². The van der Waals surface area contributed by atoms with Gasteiger partial charge in [0.25, 0.3) is 11.5 Å². The molecule has 1 amide bonds. The molecule has 1 aromatic carbocycles. The summed E-state index contributed by atoms with van der Waals surface area (Å²) in [7, 11) is 0. The van der Waals surface area contributed by atoms with E-state index in [4.69, 9.17) is 0 Å². The Kier molecular flexibility index (Phi) is 4.34. The summed E-state index contributed by atoms with van der Waals surface area (Å²) in [5.74, 6) is -1.03. The summed E-state index contributed by atoms with van der Waals surface area (Å²) < 4.78 is 0. The van der Waals surface area contributed by atoms with Crippen LogP contribution in [0.2, 0.25) is 0 Å². The number of carbonyl (C=O) groups excluding carboxylic acids is 1. The van der Waals surface area contributed by atoms with Crippen LogP contribution >= 0.6 is 0 Å². The van der Waals surface area contributed by atoms with E-state index in [0.717, 1.165) is 12.8 Å². The number of amides is 1. The molecule has 0 spiro atoms. The molecule has 2 N–H and O–H groups in total. The predicted octanol–water partition coefficient (Wildman–Crippen LogP) is 2.49. The Hall–Kier alpha value is -2.89. The molecule has 1 aliphatic heterocycles. The van der Waals surface area contributed by atoms with Crippen LogP contribution in [0, 0.1) is 11.3 Å². The standard InChI is InChI=1S/C21H22N2O4/c24-18-17(7-4-10-22-18)19(25)23-12-16-11-15(14-5-2-1-3-6-14)8-9-21(16,13-23)20(26)27/h1-7,10,15-16H,8-9,11-13H2,(H,22,24)(H,26,27)/t15-,16-,21-/m0/s1. The minimum absolute atomic E-state index is 0.0660. The van der Waals surface area contributed by atoms with Gasteiger partial charge in [-0.1, -0.05) is 30.3 Å². The van der Waals surface area contributed by atoms with Crippen LogP contribution in [0.5, 0.6) is 0 Å². The lowest BCUT2D eigenvalue weighted by atomic mass is 9.64. The number of H-pyrrole nitrogens is 1. The van der Waals surface area contributed by atoms with Crippen molar-refractivity contribution < 1.29 is 14.7 Å². The first kappa shape index (κ1) is 17.5. The number of nitrogens with zero attached hydrogens (tertiary/aromatic N) is 1. The highest BCUT2D eigenvalue weighted by Gasteiger charge is 2.56. The monoisotopic (exact) mass is 366 g/mol. The highest BCUT2D eigenvalue weighted by molar-refractivity contribution is 5.94. The molecule has 1 saturated heterocycles. The number of nitrogens with one attached hydrogen (secondary N) is 1. The Morgan fingerprint density at radius 1 is 1.15 bits per heavy atom. The second-order valence-corrected chi connectivity index (χ2v) is 7.64. The van der Waals surface area contributed by atoms with Gasteiger partial charge in [0.15, 0.2) is 0 Å². The molecule has 1 saturated carbocycles. The first-order valence-electron chi connectivity index (χ1n) is 9.26. The second-order valence-electron chi connectivity index (χ2n) is 7.64. The van der Waals surface area contributed by atoms with Crippen LogP contribution in [0.15, 0.2) is 53.5 Å². The first-order valence-corrected chi connectivity index (χ1v) is 9.26. The topological polar surface area (TPSA) is 90.5 Å². The maximum Gasteiger partial charge on any atom is 0.311 e. The number of likely N-dealkylation sites (tertiary alicyclic amines) is 1. The fraction of sp³-hybridized carbons (Fsp3) is 0.381. The maximum atomic E-state index is 12.8. The normalized spacial score (nSPS) is 27.2. The third-order valence-corrected chi connectivity index (χ3v) is 6.24. The zero-order valence-electron chi connectivity index (χ0n) is 14.9. The third kappa shape index (κ3) is 2.95. The van der Waals surface area contributed by atoms with E-state index < -0.39 is 16.9 Å². The molecule has 4 rings (SSSR count). The van der Waals surface area contributed by atoms with Crippen molar-refractivity contribution in [2.75, 3.05) is 13.1 Å². The average molecular weight is 366 g/mol. The van der Waals surface area contributed by atoms with Crippen LogP contribution in [0.3, 0.4) is 0 Å². The van der Waals surface area contributed by atoms with Gasteiger partial charge < -0.3 is 15.0 Å². The van der Waals surface area contributed by atoms with E-state index in [9.17, 15) is 19.5 Å². The molecule has 140 valence electrons. The number of hydrogen-bond acceptors (Lipinski definition) is 3. The number of carbonyl (C=O) groups is 2. The smallest absolute Gasteiger partial charge is 0.311 e. The van der Waals surface area contributed by atoms with Gasteiger partial charge in [-0.3, -0.25) is 14.4 Å². The van der Waals surface area contributed by atoms with Crippen molar-refractivity contribution in [1.29, 1.82) is 0 Å². The quantitative estimate of drug-likeness (QED) is 0.873. The van der Waals surface area contributed by atoms with Crippen LogP contribution < -0.4 is 5.56 Å². The molecule has 0 bridgehead atoms. The average Bonchev–Trinajstić information content (AvgIpc) is 3.09. The van der Waals surface area contributed by atoms with Crippen molar-refractivity contribution in [1.82, 2.24) is 9.88 Å². The van der Waals surface area contributed by atoms with Gasteiger partial charge in [0, 0.05) is 19.3 Å². The van der Waals surface area contributed by atoms with Crippen LogP contribution in [-0.4, -0.2) is 40.0 Å². The number of hydrogen-bond donors (Lipinski definition) is 2. The zero-order chi connectivity index (χ0) is 19.0. The summed E-state index contributed by atoms with van der Waals surface area (Å²) in [6.07, 6.45) is 3.56. The third-order valence-electron chi connectivity index (χ3n) is 6.24. The molecular weight excluding hydrogens is 344 g/mol. The van der Waals surface area contributed by atoms with Crippen LogP contribution in [-0.2, 0) is 4.79 Å². The maximum absolute atomic E-state index is 12.8. The second kappa shape index (κ2) is 6.68. The SMILES string of the molecule is O=C(c1ccc[nH]c1=O)N1C[C@@H]2C[C@@H](c3ccccc3)CC[C@]2(C(=O)O)C1. The fourth-order valence-electron chi connectivity index (χ4n) is 4.74. The Bertz CT molecular complexity index is 923. The van der Waals surface area contributed by atoms with Gasteiger partial charge in [0.2, 0.25) is 0 Å². The minimum atomic E-state index is -0.914. The number of pyridine rings is 1. The number of aromatic amines is 1. The van der Waals surface area contributed by atoms with Gasteiger partial charge >= 0.3 is 5.97 Å².